The maximum absolute atomic E-state index is 10.8. The highest BCUT2D eigenvalue weighted by molar-refractivity contribution is 5.91. The Balaban J connectivity index is 2.23. The van der Waals surface area contributed by atoms with Gasteiger partial charge in [-0.25, -0.2) is 0 Å². The number of nitrogens with two attached hydrogens (primary N) is 1. The third-order valence-corrected chi connectivity index (χ3v) is 2.72. The van der Waals surface area contributed by atoms with E-state index in [0.29, 0.717) is 0 Å². The van der Waals surface area contributed by atoms with E-state index in [0.717, 1.165) is 37.6 Å². The van der Waals surface area contributed by atoms with E-state index >= 15 is 0 Å². The minimum absolute atomic E-state index is 0.429. The molecule has 0 spiro atoms. The smallest absolute Gasteiger partial charge is 0.241 e. The molecule has 4 nitrogen and oxygen atoms in total. The van der Waals surface area contributed by atoms with E-state index in [1.54, 1.807) is 6.08 Å². The van der Waals surface area contributed by atoms with Gasteiger partial charge in [-0.15, -0.1) is 0 Å². The summed E-state index contributed by atoms with van der Waals surface area (Å²) in [6.07, 6.45) is 3.15. The van der Waals surface area contributed by atoms with Crippen molar-refractivity contribution in [3.63, 3.8) is 0 Å². The number of hydrogen-bond acceptors (Lipinski definition) is 3. The first-order chi connectivity index (χ1) is 8.27. The van der Waals surface area contributed by atoms with Gasteiger partial charge in [-0.2, -0.15) is 0 Å². The lowest BCUT2D eigenvalue weighted by molar-refractivity contribution is -0.113. The van der Waals surface area contributed by atoms with Crippen molar-refractivity contribution in [3.05, 3.63) is 35.9 Å². The zero-order valence-corrected chi connectivity index (χ0v) is 9.63. The minimum atomic E-state index is -0.429. The summed E-state index contributed by atoms with van der Waals surface area (Å²) in [4.78, 5) is 13.0. The van der Waals surface area contributed by atoms with Crippen molar-refractivity contribution < 1.29 is 9.53 Å². The average Bonchev–Trinajstić information content (AvgIpc) is 2.38. The molecule has 1 aliphatic heterocycles. The highest BCUT2D eigenvalue weighted by Crippen LogP contribution is 2.22. The molecule has 0 saturated carbocycles. The lowest BCUT2D eigenvalue weighted by atomic mass is 10.1. The number of carbonyl (C=O) groups excluding carboxylic acids is 1. The highest BCUT2D eigenvalue weighted by Gasteiger charge is 2.12. The molecule has 90 valence electrons. The lowest BCUT2D eigenvalue weighted by Crippen LogP contribution is -2.36. The van der Waals surface area contributed by atoms with Gasteiger partial charge >= 0.3 is 0 Å². The van der Waals surface area contributed by atoms with E-state index in [4.69, 9.17) is 10.5 Å². The molecule has 2 N–H and O–H groups in total. The minimum Gasteiger partial charge on any atom is -0.378 e. The SMILES string of the molecule is NC(=O)/C=C/c1ccccc1N1CCOCC1. The van der Waals surface area contributed by atoms with Crippen LogP contribution in [0.15, 0.2) is 30.3 Å². The van der Waals surface area contributed by atoms with Crippen molar-refractivity contribution in [1.29, 1.82) is 0 Å². The van der Waals surface area contributed by atoms with Crippen LogP contribution in [0.25, 0.3) is 6.08 Å². The highest BCUT2D eigenvalue weighted by atomic mass is 16.5. The number of benzene rings is 1. The molecular formula is C13H16N2O2. The summed E-state index contributed by atoms with van der Waals surface area (Å²) in [5, 5.41) is 0. The quantitative estimate of drug-likeness (QED) is 0.792. The molecule has 17 heavy (non-hydrogen) atoms. The van der Waals surface area contributed by atoms with Gasteiger partial charge in [-0.05, 0) is 17.7 Å². The molecule has 1 heterocycles. The molecule has 1 aromatic rings. The molecule has 0 bridgehead atoms. The van der Waals surface area contributed by atoms with Gasteiger partial charge in [0.2, 0.25) is 5.91 Å². The van der Waals surface area contributed by atoms with Gasteiger partial charge in [-0.1, -0.05) is 18.2 Å². The molecule has 4 heteroatoms. The second-order valence-corrected chi connectivity index (χ2v) is 3.89. The number of morpholine rings is 1. The third-order valence-electron chi connectivity index (χ3n) is 2.72. The predicted octanol–water partition coefficient (Wildman–Crippen LogP) is 1.02. The molecule has 1 aliphatic rings. The summed E-state index contributed by atoms with van der Waals surface area (Å²) >= 11 is 0. The fraction of sp³-hybridized carbons (Fsp3) is 0.308. The number of carbonyl (C=O) groups is 1. The molecule has 0 unspecified atom stereocenters. The number of ether oxygens (including phenoxy) is 1. The molecule has 1 aromatic carbocycles. The van der Waals surface area contributed by atoms with Gasteiger partial charge in [0.25, 0.3) is 0 Å². The fourth-order valence-corrected chi connectivity index (χ4v) is 1.89. The van der Waals surface area contributed by atoms with Gasteiger partial charge < -0.3 is 15.4 Å². The first-order valence-electron chi connectivity index (χ1n) is 5.66. The Morgan fingerprint density at radius 3 is 2.71 bits per heavy atom. The zero-order chi connectivity index (χ0) is 12.1. The number of nitrogens with zero attached hydrogens (tertiary/aromatic N) is 1. The van der Waals surface area contributed by atoms with Gasteiger partial charge in [0.1, 0.15) is 0 Å². The van der Waals surface area contributed by atoms with Crippen LogP contribution in [0.1, 0.15) is 5.56 Å². The van der Waals surface area contributed by atoms with Gasteiger partial charge in [0.05, 0.1) is 13.2 Å². The van der Waals surface area contributed by atoms with Crippen LogP contribution in [0.2, 0.25) is 0 Å². The Labute approximate surface area is 101 Å². The van der Waals surface area contributed by atoms with Crippen LogP contribution in [-0.2, 0) is 9.53 Å². The molecule has 2 rings (SSSR count). The second kappa shape index (κ2) is 5.50. The summed E-state index contributed by atoms with van der Waals surface area (Å²) in [5.41, 5.74) is 7.24. The van der Waals surface area contributed by atoms with E-state index in [-0.39, 0.29) is 0 Å². The first kappa shape index (κ1) is 11.7. The summed E-state index contributed by atoms with van der Waals surface area (Å²) in [5.74, 6) is -0.429. The molecule has 0 atom stereocenters. The Hall–Kier alpha value is -1.81. The van der Waals surface area contributed by atoms with Crippen LogP contribution in [0.4, 0.5) is 5.69 Å². The topological polar surface area (TPSA) is 55.6 Å². The first-order valence-corrected chi connectivity index (χ1v) is 5.66. The number of rotatable bonds is 3. The van der Waals surface area contributed by atoms with Crippen molar-refractivity contribution in [2.24, 2.45) is 5.73 Å². The van der Waals surface area contributed by atoms with Crippen LogP contribution < -0.4 is 10.6 Å². The third kappa shape index (κ3) is 3.07. The van der Waals surface area contributed by atoms with E-state index in [1.165, 1.54) is 6.08 Å². The van der Waals surface area contributed by atoms with Crippen LogP contribution in [0.3, 0.4) is 0 Å². The van der Waals surface area contributed by atoms with Crippen LogP contribution in [0, 0.1) is 0 Å². The van der Waals surface area contributed by atoms with Crippen molar-refractivity contribution in [2.75, 3.05) is 31.2 Å². The Morgan fingerprint density at radius 2 is 2.00 bits per heavy atom. The number of anilines is 1. The summed E-state index contributed by atoms with van der Waals surface area (Å²) in [7, 11) is 0. The fourth-order valence-electron chi connectivity index (χ4n) is 1.89. The molecule has 1 fully saturated rings. The van der Waals surface area contributed by atoms with Crippen LogP contribution in [-0.4, -0.2) is 32.2 Å². The van der Waals surface area contributed by atoms with Gasteiger partial charge in [-0.3, -0.25) is 4.79 Å². The zero-order valence-electron chi connectivity index (χ0n) is 9.63. The average molecular weight is 232 g/mol. The predicted molar refractivity (Wildman–Crippen MR) is 67.7 cm³/mol. The maximum atomic E-state index is 10.8. The Bertz CT molecular complexity index is 423. The maximum Gasteiger partial charge on any atom is 0.241 e. The summed E-state index contributed by atoms with van der Waals surface area (Å²) in [6, 6.07) is 7.97. The van der Waals surface area contributed by atoms with Crippen molar-refractivity contribution in [1.82, 2.24) is 0 Å². The number of amides is 1. The van der Waals surface area contributed by atoms with Gasteiger partial charge in [0, 0.05) is 24.9 Å². The van der Waals surface area contributed by atoms with E-state index in [1.807, 2.05) is 24.3 Å². The van der Waals surface area contributed by atoms with E-state index in [9.17, 15) is 4.79 Å². The monoisotopic (exact) mass is 232 g/mol. The van der Waals surface area contributed by atoms with Crippen LogP contribution >= 0.6 is 0 Å². The number of primary amides is 1. The molecule has 0 radical (unpaired) electrons. The number of para-hydroxylation sites is 1. The molecular weight excluding hydrogens is 216 g/mol. The molecule has 0 aliphatic carbocycles. The lowest BCUT2D eigenvalue weighted by Gasteiger charge is -2.30. The van der Waals surface area contributed by atoms with Crippen molar-refractivity contribution in [2.45, 2.75) is 0 Å². The molecule has 0 aromatic heterocycles. The molecule has 1 saturated heterocycles. The van der Waals surface area contributed by atoms with E-state index < -0.39 is 5.91 Å². The van der Waals surface area contributed by atoms with Crippen LogP contribution in [0.5, 0.6) is 0 Å². The normalized spacial score (nSPS) is 16.4. The largest absolute Gasteiger partial charge is 0.378 e. The van der Waals surface area contributed by atoms with Crippen molar-refractivity contribution >= 4 is 17.7 Å². The summed E-state index contributed by atoms with van der Waals surface area (Å²) in [6.45, 7) is 3.24. The number of hydrogen-bond donors (Lipinski definition) is 1. The standard InChI is InChI=1S/C13H16N2O2/c14-13(16)6-5-11-3-1-2-4-12(11)15-7-9-17-10-8-15/h1-6H,7-10H2,(H2,14,16)/b6-5+. The van der Waals surface area contributed by atoms with Gasteiger partial charge in [0.15, 0.2) is 0 Å². The summed E-state index contributed by atoms with van der Waals surface area (Å²) < 4.78 is 5.33. The second-order valence-electron chi connectivity index (χ2n) is 3.89. The molecule has 1 amide bonds. The Kier molecular flexibility index (Phi) is 3.77. The van der Waals surface area contributed by atoms with Crippen molar-refractivity contribution in [3.8, 4) is 0 Å². The Morgan fingerprint density at radius 1 is 1.29 bits per heavy atom. The van der Waals surface area contributed by atoms with E-state index in [2.05, 4.69) is 4.90 Å².